The molecule has 3 N–H and O–H groups in total. The Balaban J connectivity index is 1.97. The van der Waals surface area contributed by atoms with Gasteiger partial charge in [0.15, 0.2) is 0 Å². The van der Waals surface area contributed by atoms with Crippen molar-refractivity contribution in [2.75, 3.05) is 16.8 Å². The minimum Gasteiger partial charge on any atom is -0.443 e. The minimum atomic E-state index is -1.66. The first-order chi connectivity index (χ1) is 11.4. The topological polar surface area (TPSA) is 98.5 Å². The van der Waals surface area contributed by atoms with Crippen molar-refractivity contribution in [2.45, 2.75) is 31.8 Å². The van der Waals surface area contributed by atoms with Crippen LogP contribution in [0.25, 0.3) is 0 Å². The van der Waals surface area contributed by atoms with Gasteiger partial charge in [0, 0.05) is 5.56 Å². The summed E-state index contributed by atoms with van der Waals surface area (Å²) in [6.07, 6.45) is 1.08. The van der Waals surface area contributed by atoms with E-state index in [9.17, 15) is 14.4 Å². The number of para-hydroxylation sites is 1. The first kappa shape index (κ1) is 16.8. The van der Waals surface area contributed by atoms with Crippen molar-refractivity contribution in [3.8, 4) is 0 Å². The number of aryl methyl sites for hydroxylation is 1. The van der Waals surface area contributed by atoms with Crippen LogP contribution in [0.15, 0.2) is 18.2 Å². The molecule has 2 aliphatic rings. The average Bonchev–Trinajstić information content (AvgIpc) is 2.82. The molecule has 1 fully saturated rings. The number of benzene rings is 1. The molecule has 1 aromatic carbocycles. The van der Waals surface area contributed by atoms with Crippen molar-refractivity contribution < 1.29 is 19.1 Å². The van der Waals surface area contributed by atoms with Crippen LogP contribution in [0.2, 0.25) is 0 Å². The molecule has 2 amide bonds. The van der Waals surface area contributed by atoms with Crippen LogP contribution in [-0.4, -0.2) is 29.3 Å². The highest BCUT2D eigenvalue weighted by Gasteiger charge is 2.52. The summed E-state index contributed by atoms with van der Waals surface area (Å²) < 4.78 is 5.68. The number of rotatable bonds is 4. The Morgan fingerprint density at radius 3 is 2.75 bits per heavy atom. The van der Waals surface area contributed by atoms with Gasteiger partial charge in [-0.25, -0.2) is 0 Å². The SMILES string of the molecule is Cc1cccc2c1NC(=O)C2(CC(N)=O)OC(=O)C1CCSCC1. The van der Waals surface area contributed by atoms with Gasteiger partial charge in [-0.15, -0.1) is 0 Å². The number of carbonyl (C=O) groups excluding carboxylic acids is 3. The third kappa shape index (κ3) is 2.88. The highest BCUT2D eigenvalue weighted by Crippen LogP contribution is 2.43. The Bertz CT molecular complexity index is 700. The van der Waals surface area contributed by atoms with Crippen LogP contribution in [0.1, 0.15) is 30.4 Å². The summed E-state index contributed by atoms with van der Waals surface area (Å²) in [4.78, 5) is 36.9. The number of ether oxygens (including phenoxy) is 1. The Labute approximate surface area is 144 Å². The molecule has 0 aromatic heterocycles. The number of carbonyl (C=O) groups is 3. The van der Waals surface area contributed by atoms with Crippen LogP contribution in [0.3, 0.4) is 0 Å². The highest BCUT2D eigenvalue weighted by atomic mass is 32.2. The van der Waals surface area contributed by atoms with E-state index in [-0.39, 0.29) is 12.3 Å². The number of amides is 2. The van der Waals surface area contributed by atoms with E-state index < -0.39 is 23.4 Å². The number of nitrogens with two attached hydrogens (primary N) is 1. The van der Waals surface area contributed by atoms with Gasteiger partial charge in [0.1, 0.15) is 0 Å². The quantitative estimate of drug-likeness (QED) is 0.807. The number of hydrogen-bond donors (Lipinski definition) is 2. The summed E-state index contributed by atoms with van der Waals surface area (Å²) in [7, 11) is 0. The van der Waals surface area contributed by atoms with Gasteiger partial charge in [0.05, 0.1) is 18.0 Å². The number of thioether (sulfide) groups is 1. The zero-order chi connectivity index (χ0) is 17.3. The first-order valence-corrected chi connectivity index (χ1v) is 9.10. The summed E-state index contributed by atoms with van der Waals surface area (Å²) in [6.45, 7) is 1.85. The molecule has 3 rings (SSSR count). The van der Waals surface area contributed by atoms with Gasteiger partial charge in [-0.2, -0.15) is 11.8 Å². The van der Waals surface area contributed by atoms with E-state index in [4.69, 9.17) is 10.5 Å². The van der Waals surface area contributed by atoms with Crippen LogP contribution < -0.4 is 11.1 Å². The van der Waals surface area contributed by atoms with Crippen LogP contribution in [0.5, 0.6) is 0 Å². The predicted molar refractivity (Wildman–Crippen MR) is 91.4 cm³/mol. The monoisotopic (exact) mass is 348 g/mol. The third-order valence-corrected chi connectivity index (χ3v) is 5.61. The van der Waals surface area contributed by atoms with Crippen molar-refractivity contribution in [2.24, 2.45) is 11.7 Å². The molecule has 0 bridgehead atoms. The second-order valence-corrected chi connectivity index (χ2v) is 7.45. The summed E-state index contributed by atoms with van der Waals surface area (Å²) in [5.41, 5.74) is 5.64. The molecule has 0 radical (unpaired) electrons. The molecule has 7 heteroatoms. The molecule has 1 saturated heterocycles. The fourth-order valence-electron chi connectivity index (χ4n) is 3.25. The molecule has 0 spiro atoms. The van der Waals surface area contributed by atoms with Crippen LogP contribution in [-0.2, 0) is 24.7 Å². The smallest absolute Gasteiger partial charge is 0.310 e. The van der Waals surface area contributed by atoms with E-state index in [1.807, 2.05) is 13.0 Å². The van der Waals surface area contributed by atoms with Gasteiger partial charge in [-0.1, -0.05) is 18.2 Å². The summed E-state index contributed by atoms with van der Waals surface area (Å²) in [6, 6.07) is 5.32. The van der Waals surface area contributed by atoms with Crippen LogP contribution >= 0.6 is 11.8 Å². The lowest BCUT2D eigenvalue weighted by molar-refractivity contribution is -0.173. The fraction of sp³-hybridized carbons (Fsp3) is 0.471. The lowest BCUT2D eigenvalue weighted by Crippen LogP contribution is -2.44. The van der Waals surface area contributed by atoms with Gasteiger partial charge in [0.2, 0.25) is 11.5 Å². The zero-order valence-corrected chi connectivity index (χ0v) is 14.3. The van der Waals surface area contributed by atoms with Crippen molar-refractivity contribution >= 4 is 35.2 Å². The highest BCUT2D eigenvalue weighted by molar-refractivity contribution is 7.99. The zero-order valence-electron chi connectivity index (χ0n) is 13.5. The first-order valence-electron chi connectivity index (χ1n) is 7.94. The number of nitrogens with one attached hydrogen (secondary N) is 1. The standard InChI is InChI=1S/C17H20N2O4S/c1-10-3-2-4-12-14(10)19-16(22)17(12,9-13(18)20)23-15(21)11-5-7-24-8-6-11/h2-4,11H,5-9H2,1H3,(H2,18,20)(H,19,22). The van der Waals surface area contributed by atoms with E-state index >= 15 is 0 Å². The van der Waals surface area contributed by atoms with E-state index in [0.717, 1.165) is 29.9 Å². The lowest BCUT2D eigenvalue weighted by Gasteiger charge is -2.29. The Hall–Kier alpha value is -2.02. The number of fused-ring (bicyclic) bond motifs is 1. The maximum atomic E-state index is 12.7. The van der Waals surface area contributed by atoms with E-state index in [2.05, 4.69) is 5.32 Å². The van der Waals surface area contributed by atoms with E-state index in [1.54, 1.807) is 23.9 Å². The maximum Gasteiger partial charge on any atom is 0.310 e. The van der Waals surface area contributed by atoms with Crippen molar-refractivity contribution in [1.29, 1.82) is 0 Å². The molecule has 1 aromatic rings. The van der Waals surface area contributed by atoms with E-state index in [1.165, 1.54) is 0 Å². The molecule has 6 nitrogen and oxygen atoms in total. The van der Waals surface area contributed by atoms with Crippen LogP contribution in [0.4, 0.5) is 5.69 Å². The third-order valence-electron chi connectivity index (χ3n) is 4.57. The molecule has 2 heterocycles. The summed E-state index contributed by atoms with van der Waals surface area (Å²) in [5.74, 6) is -0.0797. The number of primary amides is 1. The summed E-state index contributed by atoms with van der Waals surface area (Å²) >= 11 is 1.80. The van der Waals surface area contributed by atoms with Gasteiger partial charge >= 0.3 is 5.97 Å². The molecule has 2 aliphatic heterocycles. The Morgan fingerprint density at radius 2 is 2.08 bits per heavy atom. The van der Waals surface area contributed by atoms with Crippen molar-refractivity contribution in [3.63, 3.8) is 0 Å². The molecule has 1 atom stereocenters. The molecule has 128 valence electrons. The molecule has 24 heavy (non-hydrogen) atoms. The van der Waals surface area contributed by atoms with E-state index in [0.29, 0.717) is 11.3 Å². The number of anilines is 1. The minimum absolute atomic E-state index is 0.238. The van der Waals surface area contributed by atoms with Gasteiger partial charge < -0.3 is 15.8 Å². The van der Waals surface area contributed by atoms with Gasteiger partial charge in [-0.05, 0) is 36.8 Å². The predicted octanol–water partition coefficient (Wildman–Crippen LogP) is 1.70. The normalized spacial score (nSPS) is 23.5. The number of esters is 1. The molecular formula is C17H20N2O4S. The molecule has 0 aliphatic carbocycles. The molecular weight excluding hydrogens is 328 g/mol. The second-order valence-electron chi connectivity index (χ2n) is 6.23. The van der Waals surface area contributed by atoms with Crippen molar-refractivity contribution in [3.05, 3.63) is 29.3 Å². The largest absolute Gasteiger partial charge is 0.443 e. The van der Waals surface area contributed by atoms with Gasteiger partial charge in [-0.3, -0.25) is 14.4 Å². The van der Waals surface area contributed by atoms with Crippen LogP contribution in [0, 0.1) is 12.8 Å². The Morgan fingerprint density at radius 1 is 1.38 bits per heavy atom. The van der Waals surface area contributed by atoms with Crippen molar-refractivity contribution in [1.82, 2.24) is 0 Å². The number of hydrogen-bond acceptors (Lipinski definition) is 5. The second kappa shape index (κ2) is 6.47. The fourth-order valence-corrected chi connectivity index (χ4v) is 4.36. The average molecular weight is 348 g/mol. The summed E-state index contributed by atoms with van der Waals surface area (Å²) in [5, 5.41) is 2.74. The molecule has 0 saturated carbocycles. The lowest BCUT2D eigenvalue weighted by atomic mass is 9.89. The Kier molecular flexibility index (Phi) is 4.54. The van der Waals surface area contributed by atoms with Gasteiger partial charge in [0.25, 0.3) is 5.91 Å². The maximum absolute atomic E-state index is 12.7. The molecule has 1 unspecified atom stereocenters.